The van der Waals surface area contributed by atoms with Gasteiger partial charge >= 0.3 is 0 Å². The number of aromatic amines is 1. The van der Waals surface area contributed by atoms with Crippen molar-refractivity contribution < 1.29 is 4.74 Å². The van der Waals surface area contributed by atoms with E-state index in [9.17, 15) is 0 Å². The molecule has 2 aromatic carbocycles. The molecule has 0 spiro atoms. The number of benzene rings is 2. The van der Waals surface area contributed by atoms with Crippen molar-refractivity contribution in [1.29, 1.82) is 0 Å². The molecule has 29 heavy (non-hydrogen) atoms. The number of nitrogens with one attached hydrogen (secondary N) is 3. The summed E-state index contributed by atoms with van der Waals surface area (Å²) in [5.41, 5.74) is 4.54. The van der Waals surface area contributed by atoms with E-state index in [1.54, 1.807) is 14.2 Å². The number of H-pyrrole nitrogens is 1. The number of imidazole rings is 1. The van der Waals surface area contributed by atoms with Crippen molar-refractivity contribution in [2.45, 2.75) is 19.9 Å². The Hall–Kier alpha value is -2.55. The van der Waals surface area contributed by atoms with Gasteiger partial charge in [-0.25, -0.2) is 4.98 Å². The van der Waals surface area contributed by atoms with Crippen molar-refractivity contribution in [3.8, 4) is 17.0 Å². The number of ether oxygens (including phenoxy) is 1. The summed E-state index contributed by atoms with van der Waals surface area (Å²) in [6.45, 7) is 3.41. The fourth-order valence-corrected chi connectivity index (χ4v) is 3.02. The molecule has 0 aliphatic carbocycles. The molecular weight excluding hydrogens is 477 g/mol. The Kier molecular flexibility index (Phi) is 8.98. The zero-order valence-corrected chi connectivity index (χ0v) is 19.4. The second kappa shape index (κ2) is 11.5. The molecule has 0 saturated carbocycles. The van der Waals surface area contributed by atoms with Crippen molar-refractivity contribution in [2.24, 2.45) is 4.99 Å². The molecule has 0 aliphatic rings. The Labute approximate surface area is 189 Å². The van der Waals surface area contributed by atoms with Gasteiger partial charge in [0.25, 0.3) is 0 Å². The van der Waals surface area contributed by atoms with E-state index in [-0.39, 0.29) is 24.0 Å². The van der Waals surface area contributed by atoms with Gasteiger partial charge in [-0.15, -0.1) is 24.0 Å². The van der Waals surface area contributed by atoms with Crippen LogP contribution in [-0.2, 0) is 13.0 Å². The molecule has 0 atom stereocenters. The summed E-state index contributed by atoms with van der Waals surface area (Å²) in [4.78, 5) is 12.1. The molecular formula is C22H28IN5O. The second-order valence-electron chi connectivity index (χ2n) is 6.53. The minimum Gasteiger partial charge on any atom is -0.496 e. The summed E-state index contributed by atoms with van der Waals surface area (Å²) in [6.07, 6.45) is 2.71. The van der Waals surface area contributed by atoms with E-state index in [0.717, 1.165) is 41.8 Å². The molecule has 0 aliphatic heterocycles. The van der Waals surface area contributed by atoms with E-state index in [2.05, 4.69) is 56.8 Å². The normalized spacial score (nSPS) is 10.9. The van der Waals surface area contributed by atoms with E-state index in [1.165, 1.54) is 11.1 Å². The van der Waals surface area contributed by atoms with Crippen LogP contribution in [0.15, 0.2) is 59.7 Å². The highest BCUT2D eigenvalue weighted by Crippen LogP contribution is 2.19. The summed E-state index contributed by atoms with van der Waals surface area (Å²) in [5.74, 6) is 2.52. The number of rotatable bonds is 7. The molecule has 0 saturated heterocycles. The molecule has 1 aromatic heterocycles. The molecule has 3 rings (SSSR count). The van der Waals surface area contributed by atoms with Gasteiger partial charge in [0, 0.05) is 13.6 Å². The first-order valence-corrected chi connectivity index (χ1v) is 9.37. The number of hydrogen-bond acceptors (Lipinski definition) is 3. The summed E-state index contributed by atoms with van der Waals surface area (Å²) in [7, 11) is 3.47. The predicted octanol–water partition coefficient (Wildman–Crippen LogP) is 3.92. The number of halogens is 1. The van der Waals surface area contributed by atoms with Crippen LogP contribution in [0, 0.1) is 6.92 Å². The first-order valence-electron chi connectivity index (χ1n) is 9.37. The molecule has 7 heteroatoms. The zero-order valence-electron chi connectivity index (χ0n) is 17.0. The average Bonchev–Trinajstić information content (AvgIpc) is 3.20. The smallest absolute Gasteiger partial charge is 0.191 e. The zero-order chi connectivity index (χ0) is 19.8. The number of aromatic nitrogens is 2. The van der Waals surface area contributed by atoms with Crippen LogP contribution in [0.1, 0.15) is 17.0 Å². The average molecular weight is 505 g/mol. The van der Waals surface area contributed by atoms with Crippen LogP contribution < -0.4 is 15.4 Å². The Bertz CT molecular complexity index is 924. The van der Waals surface area contributed by atoms with Crippen LogP contribution in [-0.4, -0.2) is 36.6 Å². The molecule has 1 heterocycles. The molecule has 0 amide bonds. The van der Waals surface area contributed by atoms with Gasteiger partial charge in [-0.1, -0.05) is 48.0 Å². The van der Waals surface area contributed by atoms with Crippen molar-refractivity contribution in [3.63, 3.8) is 0 Å². The molecule has 3 N–H and O–H groups in total. The van der Waals surface area contributed by atoms with E-state index in [1.807, 2.05) is 30.5 Å². The SMILES string of the molecule is CN=C(NCCc1cc(C)ccc1OC)NCc1ncc(-c2ccccc2)[nH]1.I. The largest absolute Gasteiger partial charge is 0.496 e. The maximum Gasteiger partial charge on any atom is 0.191 e. The summed E-state index contributed by atoms with van der Waals surface area (Å²) in [6, 6.07) is 16.4. The van der Waals surface area contributed by atoms with Gasteiger partial charge in [0.1, 0.15) is 11.6 Å². The Morgan fingerprint density at radius 2 is 1.93 bits per heavy atom. The van der Waals surface area contributed by atoms with Crippen LogP contribution in [0.2, 0.25) is 0 Å². The van der Waals surface area contributed by atoms with Gasteiger partial charge in [-0.3, -0.25) is 4.99 Å². The van der Waals surface area contributed by atoms with Crippen LogP contribution in [0.25, 0.3) is 11.3 Å². The third-order valence-electron chi connectivity index (χ3n) is 4.48. The number of methoxy groups -OCH3 is 1. The number of aliphatic imine (C=N–C) groups is 1. The van der Waals surface area contributed by atoms with E-state index >= 15 is 0 Å². The predicted molar refractivity (Wildman–Crippen MR) is 129 cm³/mol. The Balaban J connectivity index is 0.00000300. The fourth-order valence-electron chi connectivity index (χ4n) is 3.02. The van der Waals surface area contributed by atoms with Crippen molar-refractivity contribution in [2.75, 3.05) is 20.7 Å². The first-order chi connectivity index (χ1) is 13.7. The molecule has 154 valence electrons. The summed E-state index contributed by atoms with van der Waals surface area (Å²) in [5, 5.41) is 6.63. The van der Waals surface area contributed by atoms with Crippen molar-refractivity contribution in [3.05, 3.63) is 71.7 Å². The van der Waals surface area contributed by atoms with E-state index in [0.29, 0.717) is 6.54 Å². The van der Waals surface area contributed by atoms with Gasteiger partial charge in [0.2, 0.25) is 0 Å². The fraction of sp³-hybridized carbons (Fsp3) is 0.273. The monoisotopic (exact) mass is 505 g/mol. The van der Waals surface area contributed by atoms with Gasteiger partial charge in [-0.2, -0.15) is 0 Å². The maximum absolute atomic E-state index is 5.44. The third-order valence-corrected chi connectivity index (χ3v) is 4.48. The lowest BCUT2D eigenvalue weighted by molar-refractivity contribution is 0.409. The third kappa shape index (κ3) is 6.49. The number of aryl methyl sites for hydroxylation is 1. The lowest BCUT2D eigenvalue weighted by atomic mass is 10.1. The van der Waals surface area contributed by atoms with Crippen LogP contribution in [0.3, 0.4) is 0 Å². The van der Waals surface area contributed by atoms with Gasteiger partial charge < -0.3 is 20.4 Å². The topological polar surface area (TPSA) is 74.3 Å². The standard InChI is InChI=1S/C22H27N5O.HI/c1-16-9-10-20(28-3)18(13-16)11-12-24-22(23-2)26-15-21-25-14-19(27-21)17-7-5-4-6-8-17;/h4-10,13-14H,11-12,15H2,1-3H3,(H,25,27)(H2,23,24,26);1H. The highest BCUT2D eigenvalue weighted by Gasteiger charge is 2.06. The van der Waals surface area contributed by atoms with E-state index in [4.69, 9.17) is 4.74 Å². The van der Waals surface area contributed by atoms with E-state index < -0.39 is 0 Å². The van der Waals surface area contributed by atoms with Crippen molar-refractivity contribution in [1.82, 2.24) is 20.6 Å². The minimum atomic E-state index is 0. The maximum atomic E-state index is 5.44. The Morgan fingerprint density at radius 1 is 1.14 bits per heavy atom. The highest BCUT2D eigenvalue weighted by molar-refractivity contribution is 14.0. The number of guanidine groups is 1. The molecule has 6 nitrogen and oxygen atoms in total. The lowest BCUT2D eigenvalue weighted by Gasteiger charge is -2.13. The molecule has 0 bridgehead atoms. The van der Waals surface area contributed by atoms with Crippen LogP contribution >= 0.6 is 24.0 Å². The quantitative estimate of drug-likeness (QED) is 0.259. The van der Waals surface area contributed by atoms with Gasteiger partial charge in [-0.05, 0) is 30.5 Å². The Morgan fingerprint density at radius 3 is 2.66 bits per heavy atom. The highest BCUT2D eigenvalue weighted by atomic mass is 127. The molecule has 3 aromatic rings. The lowest BCUT2D eigenvalue weighted by Crippen LogP contribution is -2.38. The number of hydrogen-bond donors (Lipinski definition) is 3. The van der Waals surface area contributed by atoms with Gasteiger partial charge in [0.05, 0.1) is 25.5 Å². The van der Waals surface area contributed by atoms with Crippen molar-refractivity contribution >= 4 is 29.9 Å². The molecule has 0 radical (unpaired) electrons. The summed E-state index contributed by atoms with van der Waals surface area (Å²) >= 11 is 0. The second-order valence-corrected chi connectivity index (χ2v) is 6.53. The van der Waals surface area contributed by atoms with Crippen LogP contribution in [0.5, 0.6) is 5.75 Å². The summed E-state index contributed by atoms with van der Waals surface area (Å²) < 4.78 is 5.44. The minimum absolute atomic E-state index is 0. The molecule has 0 fully saturated rings. The van der Waals surface area contributed by atoms with Crippen LogP contribution in [0.4, 0.5) is 0 Å². The number of nitrogens with zero attached hydrogens (tertiary/aromatic N) is 2. The molecule has 0 unspecified atom stereocenters. The van der Waals surface area contributed by atoms with Gasteiger partial charge in [0.15, 0.2) is 5.96 Å². The first kappa shape index (κ1) is 22.7.